The molecule has 2 aromatic rings. The number of likely N-dealkylation sites (tertiary alicyclic amines) is 1. The summed E-state index contributed by atoms with van der Waals surface area (Å²) in [5.41, 5.74) is 0.443. The van der Waals surface area contributed by atoms with Crippen molar-refractivity contribution in [3.05, 3.63) is 42.0 Å². The van der Waals surface area contributed by atoms with Crippen molar-refractivity contribution in [3.8, 4) is 5.88 Å². The number of hydrogen-bond donors (Lipinski definition) is 0. The molecule has 1 unspecified atom stereocenters. The molecule has 1 atom stereocenters. The Morgan fingerprint density at radius 3 is 2.31 bits per heavy atom. The molecule has 0 saturated carbocycles. The van der Waals surface area contributed by atoms with Gasteiger partial charge in [0, 0.05) is 52.8 Å². The molecule has 0 radical (unpaired) electrons. The maximum Gasteiger partial charge on any atom is 0.253 e. The number of hydrogen-bond acceptors (Lipinski definition) is 7. The van der Waals surface area contributed by atoms with Crippen LogP contribution in [0.5, 0.6) is 5.88 Å². The van der Waals surface area contributed by atoms with Crippen LogP contribution in [-0.2, 0) is 10.0 Å². The zero-order valence-corrected chi connectivity index (χ0v) is 17.8. The van der Waals surface area contributed by atoms with Crippen LogP contribution in [0.1, 0.15) is 16.8 Å². The largest absolute Gasteiger partial charge is 0.471 e. The van der Waals surface area contributed by atoms with Crippen molar-refractivity contribution < 1.29 is 17.9 Å². The van der Waals surface area contributed by atoms with Crippen molar-refractivity contribution in [3.63, 3.8) is 0 Å². The molecule has 9 nitrogen and oxygen atoms in total. The maximum absolute atomic E-state index is 12.7. The highest BCUT2D eigenvalue weighted by atomic mass is 32.2. The van der Waals surface area contributed by atoms with Crippen LogP contribution < -0.4 is 9.64 Å². The second-order valence-electron chi connectivity index (χ2n) is 7.22. The highest BCUT2D eigenvalue weighted by molar-refractivity contribution is 7.89. The first-order valence-corrected chi connectivity index (χ1v) is 10.6. The fourth-order valence-corrected chi connectivity index (χ4v) is 3.86. The van der Waals surface area contributed by atoms with Crippen molar-refractivity contribution in [1.29, 1.82) is 0 Å². The van der Waals surface area contributed by atoms with Gasteiger partial charge in [0.2, 0.25) is 15.9 Å². The second-order valence-corrected chi connectivity index (χ2v) is 9.37. The lowest BCUT2D eigenvalue weighted by molar-refractivity contribution is 0.0771. The zero-order valence-electron chi connectivity index (χ0n) is 16.9. The summed E-state index contributed by atoms with van der Waals surface area (Å²) < 4.78 is 31.3. The van der Waals surface area contributed by atoms with E-state index in [1.807, 2.05) is 25.1 Å². The fraction of sp³-hybridized carbons (Fsp3) is 0.421. The number of ether oxygens (including phenoxy) is 1. The molecule has 29 heavy (non-hydrogen) atoms. The lowest BCUT2D eigenvalue weighted by Crippen LogP contribution is -2.31. The predicted molar refractivity (Wildman–Crippen MR) is 109 cm³/mol. The van der Waals surface area contributed by atoms with E-state index in [-0.39, 0.29) is 16.9 Å². The molecule has 2 heterocycles. The first-order valence-electron chi connectivity index (χ1n) is 9.18. The quantitative estimate of drug-likeness (QED) is 0.691. The molecule has 0 spiro atoms. The number of sulfonamides is 1. The number of anilines is 1. The minimum atomic E-state index is -3.52. The van der Waals surface area contributed by atoms with Gasteiger partial charge in [-0.1, -0.05) is 0 Å². The predicted octanol–water partition coefficient (Wildman–Crippen LogP) is 1.09. The summed E-state index contributed by atoms with van der Waals surface area (Å²) in [7, 11) is 3.19. The molecule has 1 aliphatic rings. The van der Waals surface area contributed by atoms with Gasteiger partial charge in [-0.25, -0.2) is 12.7 Å². The van der Waals surface area contributed by atoms with Gasteiger partial charge in [-0.15, -0.1) is 10.2 Å². The van der Waals surface area contributed by atoms with Gasteiger partial charge in [0.25, 0.3) is 5.91 Å². The summed E-state index contributed by atoms with van der Waals surface area (Å²) in [5, 5.41) is 8.14. The van der Waals surface area contributed by atoms with Crippen molar-refractivity contribution in [1.82, 2.24) is 19.4 Å². The summed E-state index contributed by atoms with van der Waals surface area (Å²) in [6, 6.07) is 9.57. The molecule has 1 aromatic heterocycles. The first kappa shape index (κ1) is 21.0. The number of amides is 1. The normalized spacial score (nSPS) is 16.9. The van der Waals surface area contributed by atoms with Gasteiger partial charge in [-0.3, -0.25) is 4.79 Å². The number of rotatable bonds is 6. The van der Waals surface area contributed by atoms with E-state index in [1.165, 1.54) is 26.2 Å². The highest BCUT2D eigenvalue weighted by Crippen LogP contribution is 2.20. The average molecular weight is 420 g/mol. The number of aromatic nitrogens is 2. The minimum absolute atomic E-state index is 0.154. The molecule has 1 fully saturated rings. The minimum Gasteiger partial charge on any atom is -0.471 e. The van der Waals surface area contributed by atoms with Crippen molar-refractivity contribution in [2.24, 2.45) is 0 Å². The van der Waals surface area contributed by atoms with Crippen LogP contribution in [0, 0.1) is 0 Å². The molecule has 3 rings (SSSR count). The topological polar surface area (TPSA) is 95.9 Å². The van der Waals surface area contributed by atoms with Crippen LogP contribution in [-0.4, -0.2) is 81.1 Å². The number of benzene rings is 1. The van der Waals surface area contributed by atoms with Gasteiger partial charge in [0.15, 0.2) is 5.82 Å². The van der Waals surface area contributed by atoms with Crippen LogP contribution in [0.25, 0.3) is 0 Å². The van der Waals surface area contributed by atoms with Gasteiger partial charge in [0.1, 0.15) is 6.10 Å². The lowest BCUT2D eigenvalue weighted by atomic mass is 10.2. The van der Waals surface area contributed by atoms with Crippen LogP contribution in [0.2, 0.25) is 0 Å². The molecular weight excluding hydrogens is 394 g/mol. The molecular formula is C19H25N5O4S. The summed E-state index contributed by atoms with van der Waals surface area (Å²) in [6.45, 7) is 0.998. The Morgan fingerprint density at radius 2 is 1.76 bits per heavy atom. The Labute approximate surface area is 170 Å². The molecule has 0 N–H and O–H groups in total. The Bertz CT molecular complexity index is 959. The van der Waals surface area contributed by atoms with E-state index in [0.717, 1.165) is 10.1 Å². The summed E-state index contributed by atoms with van der Waals surface area (Å²) >= 11 is 0. The van der Waals surface area contributed by atoms with Crippen LogP contribution in [0.3, 0.4) is 0 Å². The zero-order chi connectivity index (χ0) is 21.2. The van der Waals surface area contributed by atoms with Gasteiger partial charge >= 0.3 is 0 Å². The van der Waals surface area contributed by atoms with Crippen LogP contribution in [0.15, 0.2) is 41.3 Å². The van der Waals surface area contributed by atoms with Crippen molar-refractivity contribution >= 4 is 21.7 Å². The molecule has 1 aromatic carbocycles. The molecule has 1 aliphatic heterocycles. The Hall–Kier alpha value is -2.72. The molecule has 1 saturated heterocycles. The maximum atomic E-state index is 12.7. The van der Waals surface area contributed by atoms with E-state index in [4.69, 9.17) is 4.74 Å². The third-order valence-electron chi connectivity index (χ3n) is 4.68. The third kappa shape index (κ3) is 4.65. The third-order valence-corrected chi connectivity index (χ3v) is 6.51. The Morgan fingerprint density at radius 1 is 1.07 bits per heavy atom. The van der Waals surface area contributed by atoms with Crippen molar-refractivity contribution in [2.45, 2.75) is 17.4 Å². The first-order chi connectivity index (χ1) is 13.7. The van der Waals surface area contributed by atoms with E-state index >= 15 is 0 Å². The van der Waals surface area contributed by atoms with E-state index < -0.39 is 10.0 Å². The van der Waals surface area contributed by atoms with Crippen LogP contribution >= 0.6 is 0 Å². The fourth-order valence-electron chi connectivity index (χ4n) is 2.96. The monoisotopic (exact) mass is 419 g/mol. The molecule has 10 heteroatoms. The summed E-state index contributed by atoms with van der Waals surface area (Å²) in [5.74, 6) is 1.01. The Kier molecular flexibility index (Phi) is 6.04. The number of nitrogens with zero attached hydrogens (tertiary/aromatic N) is 5. The molecule has 0 aliphatic carbocycles. The smallest absolute Gasteiger partial charge is 0.253 e. The van der Waals surface area contributed by atoms with Gasteiger partial charge in [-0.2, -0.15) is 0 Å². The van der Waals surface area contributed by atoms with Crippen LogP contribution in [0.4, 0.5) is 5.82 Å². The van der Waals surface area contributed by atoms with Crippen molar-refractivity contribution in [2.75, 3.05) is 46.2 Å². The molecule has 1 amide bonds. The SMILES string of the molecule is CN(C)c1ccc(OC2CCN(C(=O)c3ccc(S(=O)(=O)N(C)C)cc3)C2)nn1. The van der Waals surface area contributed by atoms with Gasteiger partial charge in [0.05, 0.1) is 11.4 Å². The van der Waals surface area contributed by atoms with E-state index in [0.29, 0.717) is 31.0 Å². The molecule has 156 valence electrons. The highest BCUT2D eigenvalue weighted by Gasteiger charge is 2.29. The van der Waals surface area contributed by atoms with Gasteiger partial charge in [-0.05, 0) is 30.3 Å². The number of carbonyl (C=O) groups excluding carboxylic acids is 1. The van der Waals surface area contributed by atoms with Gasteiger partial charge < -0.3 is 14.5 Å². The molecule has 0 bridgehead atoms. The summed E-state index contributed by atoms with van der Waals surface area (Å²) in [4.78, 5) is 16.4. The van der Waals surface area contributed by atoms with E-state index in [2.05, 4.69) is 10.2 Å². The standard InChI is InChI=1S/C19H25N5O4S/c1-22(2)17-9-10-18(21-20-17)28-15-11-12-24(13-15)19(25)14-5-7-16(8-6-14)29(26,27)23(3)4/h5-10,15H,11-13H2,1-4H3. The average Bonchev–Trinajstić information content (AvgIpc) is 3.16. The number of carbonyl (C=O) groups is 1. The second kappa shape index (κ2) is 8.34. The summed E-state index contributed by atoms with van der Waals surface area (Å²) in [6.07, 6.45) is 0.530. The Balaban J connectivity index is 1.61. The lowest BCUT2D eigenvalue weighted by Gasteiger charge is -2.18. The van der Waals surface area contributed by atoms with E-state index in [9.17, 15) is 13.2 Å². The van der Waals surface area contributed by atoms with E-state index in [1.54, 1.807) is 23.1 Å².